The van der Waals surface area contributed by atoms with Crippen LogP contribution in [0.1, 0.15) is 45.1 Å². The summed E-state index contributed by atoms with van der Waals surface area (Å²) in [4.78, 5) is 9.35. The fraction of sp³-hybridized carbons (Fsp3) is 0.706. The minimum absolute atomic E-state index is 0.560. The van der Waals surface area contributed by atoms with Gasteiger partial charge in [0.2, 0.25) is 0 Å². The van der Waals surface area contributed by atoms with Crippen LogP contribution in [0.15, 0.2) is 18.3 Å². The molecular weight excluding hydrogens is 262 g/mol. The maximum absolute atomic E-state index is 10.9. The Morgan fingerprint density at radius 1 is 1.10 bits per heavy atom. The maximum Gasteiger partial charge on any atom is 0.128 e. The topological polar surface area (TPSA) is 39.6 Å². The Morgan fingerprint density at radius 3 is 2.29 bits per heavy atom. The zero-order chi connectivity index (χ0) is 14.9. The Balaban J connectivity index is 1.68. The van der Waals surface area contributed by atoms with E-state index in [1.165, 1.54) is 12.8 Å². The zero-order valence-electron chi connectivity index (χ0n) is 13.3. The number of likely N-dealkylation sites (tertiary alicyclic amines) is 1. The van der Waals surface area contributed by atoms with Crippen molar-refractivity contribution in [1.29, 1.82) is 0 Å². The average molecular weight is 289 g/mol. The van der Waals surface area contributed by atoms with E-state index in [1.54, 1.807) is 0 Å². The second kappa shape index (κ2) is 5.93. The molecule has 2 aliphatic heterocycles. The number of hydrogen-bond acceptors (Lipinski definition) is 4. The third-order valence-corrected chi connectivity index (χ3v) is 5.07. The predicted octanol–water partition coefficient (Wildman–Crippen LogP) is 2.37. The lowest BCUT2D eigenvalue weighted by atomic mass is 9.85. The van der Waals surface area contributed by atoms with Gasteiger partial charge in [-0.1, -0.05) is 6.07 Å². The van der Waals surface area contributed by atoms with Crippen LogP contribution in [0.5, 0.6) is 0 Å². The van der Waals surface area contributed by atoms with Crippen molar-refractivity contribution in [1.82, 2.24) is 9.88 Å². The summed E-state index contributed by atoms with van der Waals surface area (Å²) in [6.07, 6.45) is 6.02. The molecule has 1 aromatic heterocycles. The van der Waals surface area contributed by atoms with Crippen LogP contribution < -0.4 is 4.90 Å². The summed E-state index contributed by atoms with van der Waals surface area (Å²) >= 11 is 0. The highest BCUT2D eigenvalue weighted by atomic mass is 16.3. The highest BCUT2D eigenvalue weighted by Gasteiger charge is 2.34. The van der Waals surface area contributed by atoms with E-state index in [0.29, 0.717) is 6.04 Å². The van der Waals surface area contributed by atoms with Crippen LogP contribution in [0.3, 0.4) is 0 Å². The van der Waals surface area contributed by atoms with Crippen LogP contribution in [0.2, 0.25) is 0 Å². The highest BCUT2D eigenvalue weighted by Crippen LogP contribution is 2.33. The van der Waals surface area contributed by atoms with Crippen molar-refractivity contribution in [2.24, 2.45) is 0 Å². The first-order valence-corrected chi connectivity index (χ1v) is 8.26. The van der Waals surface area contributed by atoms with Crippen molar-refractivity contribution >= 4 is 5.82 Å². The molecule has 0 spiro atoms. The Labute approximate surface area is 127 Å². The molecule has 0 aliphatic carbocycles. The van der Waals surface area contributed by atoms with Crippen molar-refractivity contribution in [2.75, 3.05) is 31.1 Å². The van der Waals surface area contributed by atoms with Gasteiger partial charge < -0.3 is 14.9 Å². The number of piperidine rings is 1. The first kappa shape index (κ1) is 14.8. The molecule has 2 aliphatic rings. The van der Waals surface area contributed by atoms with Crippen LogP contribution in [0.4, 0.5) is 5.82 Å². The minimum Gasteiger partial charge on any atom is -0.385 e. The van der Waals surface area contributed by atoms with Gasteiger partial charge in [-0.15, -0.1) is 0 Å². The van der Waals surface area contributed by atoms with Gasteiger partial charge in [0.25, 0.3) is 0 Å². The molecule has 0 aromatic carbocycles. The highest BCUT2D eigenvalue weighted by molar-refractivity contribution is 5.41. The van der Waals surface area contributed by atoms with Gasteiger partial charge in [-0.05, 0) is 45.6 Å². The SMILES string of the molecule is CC(C)N1CCC(O)(c2ccc(N3CCCC3)nc2)CC1. The van der Waals surface area contributed by atoms with E-state index < -0.39 is 5.60 Å². The average Bonchev–Trinajstić information content (AvgIpc) is 3.02. The predicted molar refractivity (Wildman–Crippen MR) is 85.5 cm³/mol. The van der Waals surface area contributed by atoms with Crippen molar-refractivity contribution in [3.8, 4) is 0 Å². The number of aromatic nitrogens is 1. The van der Waals surface area contributed by atoms with Crippen LogP contribution >= 0.6 is 0 Å². The first-order valence-electron chi connectivity index (χ1n) is 8.26. The molecule has 2 saturated heterocycles. The molecule has 3 heterocycles. The Morgan fingerprint density at radius 2 is 1.76 bits per heavy atom. The van der Waals surface area contributed by atoms with Gasteiger partial charge in [-0.2, -0.15) is 0 Å². The van der Waals surface area contributed by atoms with Gasteiger partial charge in [0.15, 0.2) is 0 Å². The zero-order valence-corrected chi connectivity index (χ0v) is 13.3. The fourth-order valence-electron chi connectivity index (χ4n) is 3.49. The summed E-state index contributed by atoms with van der Waals surface area (Å²) in [5.41, 5.74) is 0.288. The molecule has 4 nitrogen and oxygen atoms in total. The molecular formula is C17H27N3O. The Hall–Kier alpha value is -1.13. The van der Waals surface area contributed by atoms with E-state index in [1.807, 2.05) is 6.20 Å². The number of pyridine rings is 1. The molecule has 0 atom stereocenters. The first-order chi connectivity index (χ1) is 10.1. The number of nitrogens with zero attached hydrogens (tertiary/aromatic N) is 3. The van der Waals surface area contributed by atoms with Crippen molar-refractivity contribution in [2.45, 2.75) is 51.2 Å². The van der Waals surface area contributed by atoms with Crippen molar-refractivity contribution in [3.05, 3.63) is 23.9 Å². The van der Waals surface area contributed by atoms with Gasteiger partial charge in [-0.25, -0.2) is 4.98 Å². The van der Waals surface area contributed by atoms with Crippen LogP contribution in [-0.2, 0) is 5.60 Å². The number of aliphatic hydroxyl groups is 1. The van der Waals surface area contributed by atoms with Gasteiger partial charge in [-0.3, -0.25) is 0 Å². The van der Waals surface area contributed by atoms with E-state index in [-0.39, 0.29) is 0 Å². The molecule has 3 rings (SSSR count). The Kier molecular flexibility index (Phi) is 4.18. The number of hydrogen-bond donors (Lipinski definition) is 1. The molecule has 1 N–H and O–H groups in total. The molecule has 0 bridgehead atoms. The third-order valence-electron chi connectivity index (χ3n) is 5.07. The van der Waals surface area contributed by atoms with E-state index in [0.717, 1.165) is 50.4 Å². The molecule has 0 unspecified atom stereocenters. The summed E-state index contributed by atoms with van der Waals surface area (Å²) in [7, 11) is 0. The van der Waals surface area contributed by atoms with Crippen molar-refractivity contribution < 1.29 is 5.11 Å². The summed E-state index contributed by atoms with van der Waals surface area (Å²) in [6.45, 7) is 8.58. The van der Waals surface area contributed by atoms with E-state index in [4.69, 9.17) is 0 Å². The van der Waals surface area contributed by atoms with Crippen LogP contribution in [0, 0.1) is 0 Å². The molecule has 0 saturated carbocycles. The van der Waals surface area contributed by atoms with Gasteiger partial charge in [0, 0.05) is 44.0 Å². The summed E-state index contributed by atoms with van der Waals surface area (Å²) in [5, 5.41) is 10.9. The second-order valence-corrected chi connectivity index (χ2v) is 6.76. The number of rotatable bonds is 3. The lowest BCUT2D eigenvalue weighted by molar-refractivity contribution is -0.0326. The maximum atomic E-state index is 10.9. The standard InChI is InChI=1S/C17H27N3O/c1-14(2)19-11-7-17(21,8-12-19)15-5-6-16(18-13-15)20-9-3-4-10-20/h5-6,13-14,21H,3-4,7-12H2,1-2H3. The van der Waals surface area contributed by atoms with E-state index in [2.05, 4.69) is 40.8 Å². The molecule has 1 aromatic rings. The summed E-state index contributed by atoms with van der Waals surface area (Å²) in [6, 6.07) is 4.71. The summed E-state index contributed by atoms with van der Waals surface area (Å²) in [5.74, 6) is 1.06. The lowest BCUT2D eigenvalue weighted by Crippen LogP contribution is -2.45. The smallest absolute Gasteiger partial charge is 0.128 e. The van der Waals surface area contributed by atoms with Crippen LogP contribution in [-0.4, -0.2) is 47.2 Å². The normalized spacial score (nSPS) is 23.0. The van der Waals surface area contributed by atoms with Crippen molar-refractivity contribution in [3.63, 3.8) is 0 Å². The largest absolute Gasteiger partial charge is 0.385 e. The molecule has 21 heavy (non-hydrogen) atoms. The van der Waals surface area contributed by atoms with Gasteiger partial charge in [0.1, 0.15) is 5.82 Å². The van der Waals surface area contributed by atoms with Gasteiger partial charge >= 0.3 is 0 Å². The van der Waals surface area contributed by atoms with Gasteiger partial charge in [0.05, 0.1) is 5.60 Å². The second-order valence-electron chi connectivity index (χ2n) is 6.76. The monoisotopic (exact) mass is 289 g/mol. The fourth-order valence-corrected chi connectivity index (χ4v) is 3.49. The minimum atomic E-state index is -0.693. The lowest BCUT2D eigenvalue weighted by Gasteiger charge is -2.40. The van der Waals surface area contributed by atoms with Crippen LogP contribution in [0.25, 0.3) is 0 Å². The van der Waals surface area contributed by atoms with E-state index >= 15 is 0 Å². The quantitative estimate of drug-likeness (QED) is 0.927. The van der Waals surface area contributed by atoms with E-state index in [9.17, 15) is 5.11 Å². The summed E-state index contributed by atoms with van der Waals surface area (Å²) < 4.78 is 0. The number of anilines is 1. The molecule has 2 fully saturated rings. The Bertz CT molecular complexity index is 457. The molecule has 4 heteroatoms. The third kappa shape index (κ3) is 3.06. The molecule has 0 radical (unpaired) electrons. The molecule has 0 amide bonds. The molecule has 116 valence electrons.